The Morgan fingerprint density at radius 2 is 2.04 bits per heavy atom. The van der Waals surface area contributed by atoms with Crippen molar-refractivity contribution >= 4 is 6.03 Å². The number of benzene rings is 1. The minimum absolute atomic E-state index is 0.114. The van der Waals surface area contributed by atoms with E-state index in [0.29, 0.717) is 12.0 Å². The molecule has 7 heteroatoms. The molecule has 1 N–H and O–H groups in total. The molecule has 1 heterocycles. The predicted molar refractivity (Wildman–Crippen MR) is 93.6 cm³/mol. The second-order valence-corrected chi connectivity index (χ2v) is 6.00. The van der Waals surface area contributed by atoms with Gasteiger partial charge in [-0.15, -0.1) is 0 Å². The van der Waals surface area contributed by atoms with Gasteiger partial charge in [-0.1, -0.05) is 31.2 Å². The van der Waals surface area contributed by atoms with Crippen LogP contribution in [-0.4, -0.2) is 29.5 Å². The molecular formula is C19H22F3N3O. The van der Waals surface area contributed by atoms with Gasteiger partial charge in [-0.05, 0) is 36.1 Å². The van der Waals surface area contributed by atoms with E-state index in [0.717, 1.165) is 24.1 Å². The van der Waals surface area contributed by atoms with E-state index in [4.69, 9.17) is 0 Å². The summed E-state index contributed by atoms with van der Waals surface area (Å²) in [5, 5.41) is 2.76. The number of rotatable bonds is 6. The number of amides is 2. The number of aromatic nitrogens is 1. The maximum atomic E-state index is 12.7. The van der Waals surface area contributed by atoms with Crippen LogP contribution >= 0.6 is 0 Å². The fourth-order valence-electron chi connectivity index (χ4n) is 2.79. The van der Waals surface area contributed by atoms with Gasteiger partial charge in [0.15, 0.2) is 0 Å². The highest BCUT2D eigenvalue weighted by atomic mass is 19.4. The van der Waals surface area contributed by atoms with Crippen molar-refractivity contribution in [1.82, 2.24) is 15.2 Å². The van der Waals surface area contributed by atoms with Crippen LogP contribution in [0.5, 0.6) is 0 Å². The number of carbonyl (C=O) groups is 1. The van der Waals surface area contributed by atoms with E-state index >= 15 is 0 Å². The molecule has 0 radical (unpaired) electrons. The average molecular weight is 365 g/mol. The van der Waals surface area contributed by atoms with Gasteiger partial charge in [-0.3, -0.25) is 4.98 Å². The topological polar surface area (TPSA) is 45.2 Å². The summed E-state index contributed by atoms with van der Waals surface area (Å²) < 4.78 is 38.2. The number of alkyl halides is 3. The van der Waals surface area contributed by atoms with Crippen LogP contribution in [0.2, 0.25) is 0 Å². The molecule has 0 unspecified atom stereocenters. The molecule has 2 amide bonds. The number of urea groups is 1. The Morgan fingerprint density at radius 1 is 1.27 bits per heavy atom. The number of halogens is 3. The second kappa shape index (κ2) is 8.69. The van der Waals surface area contributed by atoms with Gasteiger partial charge in [0.25, 0.3) is 0 Å². The van der Waals surface area contributed by atoms with Crippen LogP contribution in [0.25, 0.3) is 0 Å². The van der Waals surface area contributed by atoms with Crippen molar-refractivity contribution in [3.8, 4) is 0 Å². The Bertz CT molecular complexity index is 719. The Hall–Kier alpha value is -2.57. The van der Waals surface area contributed by atoms with Gasteiger partial charge in [-0.25, -0.2) is 4.79 Å². The molecule has 2 aromatic rings. The molecule has 0 saturated heterocycles. The monoisotopic (exact) mass is 365 g/mol. The summed E-state index contributed by atoms with van der Waals surface area (Å²) in [5.74, 6) is 0. The molecule has 2 rings (SSSR count). The van der Waals surface area contributed by atoms with Gasteiger partial charge in [0.05, 0.1) is 11.6 Å². The zero-order valence-corrected chi connectivity index (χ0v) is 14.8. The van der Waals surface area contributed by atoms with Gasteiger partial charge in [-0.2, -0.15) is 13.2 Å². The van der Waals surface area contributed by atoms with Crippen molar-refractivity contribution in [2.75, 3.05) is 13.6 Å². The van der Waals surface area contributed by atoms with E-state index in [1.807, 2.05) is 19.1 Å². The van der Waals surface area contributed by atoms with Crippen LogP contribution in [0.4, 0.5) is 18.0 Å². The van der Waals surface area contributed by atoms with Gasteiger partial charge >= 0.3 is 12.2 Å². The van der Waals surface area contributed by atoms with E-state index in [1.165, 1.54) is 6.07 Å². The van der Waals surface area contributed by atoms with E-state index in [2.05, 4.69) is 10.3 Å². The molecule has 1 atom stereocenters. The van der Waals surface area contributed by atoms with E-state index in [-0.39, 0.29) is 18.6 Å². The van der Waals surface area contributed by atoms with Crippen LogP contribution in [0, 0.1) is 0 Å². The lowest BCUT2D eigenvalue weighted by molar-refractivity contribution is -0.137. The molecule has 140 valence electrons. The van der Waals surface area contributed by atoms with Crippen LogP contribution in [0.15, 0.2) is 48.8 Å². The minimum Gasteiger partial charge on any atom is -0.338 e. The van der Waals surface area contributed by atoms with Crippen LogP contribution in [-0.2, 0) is 12.6 Å². The highest BCUT2D eigenvalue weighted by Gasteiger charge is 2.30. The Morgan fingerprint density at radius 3 is 2.65 bits per heavy atom. The third kappa shape index (κ3) is 5.21. The average Bonchev–Trinajstić information content (AvgIpc) is 2.62. The Balaban J connectivity index is 1.92. The molecule has 0 aliphatic rings. The molecule has 0 bridgehead atoms. The molecule has 0 spiro atoms. The quantitative estimate of drug-likeness (QED) is 0.823. The molecule has 0 saturated carbocycles. The lowest BCUT2D eigenvalue weighted by Gasteiger charge is -2.27. The summed E-state index contributed by atoms with van der Waals surface area (Å²) in [6, 6.07) is 8.49. The van der Waals surface area contributed by atoms with Gasteiger partial charge < -0.3 is 10.2 Å². The largest absolute Gasteiger partial charge is 0.416 e. The standard InChI is InChI=1S/C19H22F3N3O/c1-3-17(15-7-5-10-23-13-15)25(2)18(26)24-11-9-14-6-4-8-16(12-14)19(20,21)22/h4-8,10,12-13,17H,3,9,11H2,1-2H3,(H,24,26)/t17-/m1/s1. The fourth-order valence-corrected chi connectivity index (χ4v) is 2.79. The summed E-state index contributed by atoms with van der Waals surface area (Å²) in [4.78, 5) is 18.0. The summed E-state index contributed by atoms with van der Waals surface area (Å²) >= 11 is 0. The van der Waals surface area contributed by atoms with Crippen LogP contribution < -0.4 is 5.32 Å². The zero-order chi connectivity index (χ0) is 19.2. The van der Waals surface area contributed by atoms with E-state index in [1.54, 1.807) is 30.4 Å². The van der Waals surface area contributed by atoms with Crippen molar-refractivity contribution in [3.05, 3.63) is 65.5 Å². The molecule has 0 aliphatic heterocycles. The molecule has 26 heavy (non-hydrogen) atoms. The number of hydrogen-bond acceptors (Lipinski definition) is 2. The number of hydrogen-bond donors (Lipinski definition) is 1. The lowest BCUT2D eigenvalue weighted by Crippen LogP contribution is -2.40. The molecule has 4 nitrogen and oxygen atoms in total. The Kier molecular flexibility index (Phi) is 6.60. The highest BCUT2D eigenvalue weighted by molar-refractivity contribution is 5.74. The molecule has 1 aromatic carbocycles. The first-order valence-electron chi connectivity index (χ1n) is 8.39. The SMILES string of the molecule is CC[C@H](c1cccnc1)N(C)C(=O)NCCc1cccc(C(F)(F)F)c1. The van der Waals surface area contributed by atoms with Crippen molar-refractivity contribution in [2.24, 2.45) is 0 Å². The fraction of sp³-hybridized carbons (Fsp3) is 0.368. The number of nitrogens with one attached hydrogen (secondary N) is 1. The van der Waals surface area contributed by atoms with Gasteiger partial charge in [0.1, 0.15) is 0 Å². The zero-order valence-electron chi connectivity index (χ0n) is 14.8. The number of carbonyl (C=O) groups excluding carboxylic acids is 1. The van der Waals surface area contributed by atoms with Crippen LogP contribution in [0.3, 0.4) is 0 Å². The molecule has 1 aromatic heterocycles. The van der Waals surface area contributed by atoms with E-state index < -0.39 is 11.7 Å². The smallest absolute Gasteiger partial charge is 0.338 e. The second-order valence-electron chi connectivity index (χ2n) is 6.00. The third-order valence-corrected chi connectivity index (χ3v) is 4.19. The minimum atomic E-state index is -4.36. The van der Waals surface area contributed by atoms with Crippen molar-refractivity contribution in [2.45, 2.75) is 32.0 Å². The van der Waals surface area contributed by atoms with Gasteiger partial charge in [0, 0.05) is 26.0 Å². The third-order valence-electron chi connectivity index (χ3n) is 4.19. The summed E-state index contributed by atoms with van der Waals surface area (Å²) in [6.45, 7) is 2.23. The predicted octanol–water partition coefficient (Wildman–Crippen LogP) is 4.44. The van der Waals surface area contributed by atoms with Crippen molar-refractivity contribution in [1.29, 1.82) is 0 Å². The summed E-state index contributed by atoms with van der Waals surface area (Å²) in [5.41, 5.74) is 0.786. The van der Waals surface area contributed by atoms with E-state index in [9.17, 15) is 18.0 Å². The first-order valence-corrected chi connectivity index (χ1v) is 8.39. The number of pyridine rings is 1. The lowest BCUT2D eigenvalue weighted by atomic mass is 10.1. The molecule has 0 aliphatic carbocycles. The Labute approximate surface area is 151 Å². The molecular weight excluding hydrogens is 343 g/mol. The first-order chi connectivity index (χ1) is 12.3. The summed E-state index contributed by atoms with van der Waals surface area (Å²) in [7, 11) is 1.70. The van der Waals surface area contributed by atoms with Gasteiger partial charge in [0.2, 0.25) is 0 Å². The molecule has 0 fully saturated rings. The van der Waals surface area contributed by atoms with Crippen LogP contribution in [0.1, 0.15) is 36.1 Å². The maximum absolute atomic E-state index is 12.7. The maximum Gasteiger partial charge on any atom is 0.416 e. The van der Waals surface area contributed by atoms with Crippen molar-refractivity contribution in [3.63, 3.8) is 0 Å². The highest BCUT2D eigenvalue weighted by Crippen LogP contribution is 2.29. The first kappa shape index (κ1) is 19.8. The number of nitrogens with zero attached hydrogens (tertiary/aromatic N) is 2. The van der Waals surface area contributed by atoms with Crippen molar-refractivity contribution < 1.29 is 18.0 Å². The normalized spacial score (nSPS) is 12.5. The summed E-state index contributed by atoms with van der Waals surface area (Å²) in [6.07, 6.45) is 0.0832.